The summed E-state index contributed by atoms with van der Waals surface area (Å²) in [7, 11) is -3.38. The summed E-state index contributed by atoms with van der Waals surface area (Å²) >= 11 is 1.43. The van der Waals surface area contributed by atoms with Crippen LogP contribution in [0.2, 0.25) is 0 Å². The van der Waals surface area contributed by atoms with Crippen LogP contribution in [-0.4, -0.2) is 25.3 Å². The minimum absolute atomic E-state index is 0.176. The molecule has 1 fully saturated rings. The molecule has 0 aliphatic heterocycles. The molecule has 2 N–H and O–H groups in total. The largest absolute Gasteiger partial charge is 0.326 e. The molecular formula is C15H26N2O2S2. The van der Waals surface area contributed by atoms with Crippen molar-refractivity contribution in [2.45, 2.75) is 63.4 Å². The Morgan fingerprint density at radius 3 is 2.57 bits per heavy atom. The van der Waals surface area contributed by atoms with E-state index in [2.05, 4.69) is 13.8 Å². The molecule has 0 amide bonds. The fourth-order valence-electron chi connectivity index (χ4n) is 2.81. The normalized spacial score (nSPS) is 17.2. The van der Waals surface area contributed by atoms with Crippen LogP contribution < -0.4 is 5.73 Å². The van der Waals surface area contributed by atoms with Crippen LogP contribution in [0.5, 0.6) is 0 Å². The molecule has 0 radical (unpaired) electrons. The zero-order valence-electron chi connectivity index (χ0n) is 12.9. The van der Waals surface area contributed by atoms with Gasteiger partial charge >= 0.3 is 0 Å². The van der Waals surface area contributed by atoms with Crippen molar-refractivity contribution in [3.8, 4) is 0 Å². The van der Waals surface area contributed by atoms with Gasteiger partial charge in [-0.1, -0.05) is 26.7 Å². The van der Waals surface area contributed by atoms with E-state index in [4.69, 9.17) is 5.73 Å². The fraction of sp³-hybridized carbons (Fsp3) is 0.733. The van der Waals surface area contributed by atoms with E-state index in [1.807, 2.05) is 0 Å². The molecule has 0 atom stereocenters. The Bertz CT molecular complexity index is 546. The van der Waals surface area contributed by atoms with E-state index in [-0.39, 0.29) is 6.04 Å². The average Bonchev–Trinajstić information content (AvgIpc) is 3.09. The molecule has 1 aromatic heterocycles. The molecule has 0 spiro atoms. The molecular weight excluding hydrogens is 304 g/mol. The van der Waals surface area contributed by atoms with Gasteiger partial charge in [0.05, 0.1) is 4.90 Å². The maximum atomic E-state index is 13.0. The standard InChI is InChI=1S/C15H26N2O2S2/c1-12(2)7-8-17(13-5-3-4-6-13)21(18,19)15-9-14(10-16)20-11-15/h9,11-13H,3-8,10,16H2,1-2H3. The third-order valence-corrected chi connectivity index (χ3v) is 7.13. The van der Waals surface area contributed by atoms with Crippen LogP contribution in [0.1, 0.15) is 50.8 Å². The Labute approximate surface area is 132 Å². The number of hydrogen-bond donors (Lipinski definition) is 1. The number of nitrogens with two attached hydrogens (primary N) is 1. The van der Waals surface area contributed by atoms with Gasteiger partial charge in [0, 0.05) is 29.4 Å². The Hall–Kier alpha value is -0.430. The first kappa shape index (κ1) is 16.9. The first-order valence-electron chi connectivity index (χ1n) is 7.74. The van der Waals surface area contributed by atoms with Crippen LogP contribution in [0.25, 0.3) is 0 Å². The van der Waals surface area contributed by atoms with Gasteiger partial charge in [-0.2, -0.15) is 4.31 Å². The van der Waals surface area contributed by atoms with E-state index in [1.54, 1.807) is 15.8 Å². The molecule has 4 nitrogen and oxygen atoms in total. The first-order valence-corrected chi connectivity index (χ1v) is 10.1. The highest BCUT2D eigenvalue weighted by atomic mass is 32.2. The average molecular weight is 331 g/mol. The lowest BCUT2D eigenvalue weighted by Crippen LogP contribution is -2.39. The van der Waals surface area contributed by atoms with Gasteiger partial charge in [0.2, 0.25) is 10.0 Å². The Balaban J connectivity index is 2.24. The molecule has 1 aromatic rings. The number of thiophene rings is 1. The van der Waals surface area contributed by atoms with Crippen LogP contribution in [0.4, 0.5) is 0 Å². The number of rotatable bonds is 7. The second kappa shape index (κ2) is 7.22. The first-order chi connectivity index (χ1) is 9.95. The van der Waals surface area contributed by atoms with Crippen molar-refractivity contribution in [1.82, 2.24) is 4.31 Å². The number of hydrogen-bond acceptors (Lipinski definition) is 4. The minimum atomic E-state index is -3.38. The molecule has 0 aromatic carbocycles. The second-order valence-electron chi connectivity index (χ2n) is 6.19. The highest BCUT2D eigenvalue weighted by molar-refractivity contribution is 7.89. The van der Waals surface area contributed by atoms with Crippen molar-refractivity contribution in [3.05, 3.63) is 16.3 Å². The van der Waals surface area contributed by atoms with Gasteiger partial charge in [-0.05, 0) is 31.2 Å². The Morgan fingerprint density at radius 2 is 2.05 bits per heavy atom. The summed E-state index contributed by atoms with van der Waals surface area (Å²) in [5.74, 6) is 0.506. The summed E-state index contributed by atoms with van der Waals surface area (Å²) in [5, 5.41) is 1.73. The van der Waals surface area contributed by atoms with E-state index < -0.39 is 10.0 Å². The third-order valence-electron chi connectivity index (χ3n) is 4.10. The van der Waals surface area contributed by atoms with Gasteiger partial charge in [0.1, 0.15) is 0 Å². The van der Waals surface area contributed by atoms with Gasteiger partial charge in [-0.3, -0.25) is 0 Å². The van der Waals surface area contributed by atoms with E-state index in [1.165, 1.54) is 11.3 Å². The molecule has 0 bridgehead atoms. The van der Waals surface area contributed by atoms with Gasteiger partial charge in [-0.25, -0.2) is 8.42 Å². The highest BCUT2D eigenvalue weighted by Gasteiger charge is 2.33. The summed E-state index contributed by atoms with van der Waals surface area (Å²) in [6.07, 6.45) is 5.16. The lowest BCUT2D eigenvalue weighted by Gasteiger charge is -2.28. The van der Waals surface area contributed by atoms with Crippen LogP contribution in [0.3, 0.4) is 0 Å². The summed E-state index contributed by atoms with van der Waals surface area (Å²) < 4.78 is 27.7. The Kier molecular flexibility index (Phi) is 5.82. The SMILES string of the molecule is CC(C)CCN(C1CCCC1)S(=O)(=O)c1csc(CN)c1. The smallest absolute Gasteiger partial charge is 0.244 e. The Morgan fingerprint density at radius 1 is 1.38 bits per heavy atom. The van der Waals surface area contributed by atoms with Crippen molar-refractivity contribution in [1.29, 1.82) is 0 Å². The summed E-state index contributed by atoms with van der Waals surface area (Å²) in [6.45, 7) is 5.29. The second-order valence-corrected chi connectivity index (χ2v) is 9.08. The topological polar surface area (TPSA) is 63.4 Å². The van der Waals surface area contributed by atoms with Crippen LogP contribution in [-0.2, 0) is 16.6 Å². The molecule has 6 heteroatoms. The molecule has 0 saturated heterocycles. The predicted octanol–water partition coefficient (Wildman–Crippen LogP) is 3.19. The van der Waals surface area contributed by atoms with E-state index in [0.717, 1.165) is 37.0 Å². The maximum absolute atomic E-state index is 13.0. The molecule has 120 valence electrons. The maximum Gasteiger partial charge on any atom is 0.244 e. The van der Waals surface area contributed by atoms with Crippen molar-refractivity contribution >= 4 is 21.4 Å². The van der Waals surface area contributed by atoms with Crippen molar-refractivity contribution in [2.75, 3.05) is 6.54 Å². The predicted molar refractivity (Wildman–Crippen MR) is 87.8 cm³/mol. The lowest BCUT2D eigenvalue weighted by molar-refractivity contribution is 0.304. The van der Waals surface area contributed by atoms with Gasteiger partial charge in [-0.15, -0.1) is 11.3 Å². The third kappa shape index (κ3) is 4.06. The van der Waals surface area contributed by atoms with E-state index in [0.29, 0.717) is 23.9 Å². The van der Waals surface area contributed by atoms with Crippen LogP contribution in [0, 0.1) is 5.92 Å². The van der Waals surface area contributed by atoms with Gasteiger partial charge in [0.25, 0.3) is 0 Å². The van der Waals surface area contributed by atoms with Crippen LogP contribution in [0.15, 0.2) is 16.3 Å². The zero-order chi connectivity index (χ0) is 15.5. The molecule has 1 heterocycles. The molecule has 21 heavy (non-hydrogen) atoms. The monoisotopic (exact) mass is 330 g/mol. The highest BCUT2D eigenvalue weighted by Crippen LogP contribution is 2.31. The van der Waals surface area contributed by atoms with Gasteiger partial charge in [0.15, 0.2) is 0 Å². The molecule has 1 saturated carbocycles. The molecule has 0 unspecified atom stereocenters. The molecule has 2 rings (SSSR count). The number of sulfonamides is 1. The zero-order valence-corrected chi connectivity index (χ0v) is 14.5. The van der Waals surface area contributed by atoms with E-state index in [9.17, 15) is 8.42 Å². The lowest BCUT2D eigenvalue weighted by atomic mass is 10.1. The van der Waals surface area contributed by atoms with E-state index >= 15 is 0 Å². The van der Waals surface area contributed by atoms with Crippen molar-refractivity contribution in [3.63, 3.8) is 0 Å². The van der Waals surface area contributed by atoms with Crippen LogP contribution >= 0.6 is 11.3 Å². The number of nitrogens with zero attached hydrogens (tertiary/aromatic N) is 1. The van der Waals surface area contributed by atoms with Gasteiger partial charge < -0.3 is 5.73 Å². The quantitative estimate of drug-likeness (QED) is 0.835. The molecule has 1 aliphatic carbocycles. The minimum Gasteiger partial charge on any atom is -0.326 e. The van der Waals surface area contributed by atoms with Crippen molar-refractivity contribution < 1.29 is 8.42 Å². The summed E-state index contributed by atoms with van der Waals surface area (Å²) in [5.41, 5.74) is 5.61. The summed E-state index contributed by atoms with van der Waals surface area (Å²) in [4.78, 5) is 1.34. The fourth-order valence-corrected chi connectivity index (χ4v) is 5.66. The van der Waals surface area contributed by atoms with Crippen molar-refractivity contribution in [2.24, 2.45) is 11.7 Å². The molecule has 1 aliphatic rings. The summed E-state index contributed by atoms with van der Waals surface area (Å²) in [6, 6.07) is 1.91.